The quantitative estimate of drug-likeness (QED) is 0.531. The van der Waals surface area contributed by atoms with Crippen LogP contribution in [0.1, 0.15) is 5.82 Å². The van der Waals surface area contributed by atoms with Gasteiger partial charge in [-0.25, -0.2) is 0 Å². The van der Waals surface area contributed by atoms with E-state index in [0.29, 0.717) is 0 Å². The third-order valence-electron chi connectivity index (χ3n) is 1.33. The molecule has 1 aromatic rings. The van der Waals surface area contributed by atoms with Gasteiger partial charge in [-0.2, -0.15) is 18.2 Å². The molecule has 82 valence electrons. The molecular weight excluding hydrogens is 223 g/mol. The van der Waals surface area contributed by atoms with Gasteiger partial charge in [0.15, 0.2) is 0 Å². The van der Waals surface area contributed by atoms with E-state index >= 15 is 0 Å². The van der Waals surface area contributed by atoms with E-state index in [1.165, 1.54) is 0 Å². The van der Waals surface area contributed by atoms with Gasteiger partial charge in [0.25, 0.3) is 5.88 Å². The minimum Gasteiger partial charge on any atom is -0.488 e. The molecule has 0 saturated heterocycles. The number of alkyl halides is 3. The Labute approximate surface area is 78.3 Å². The fraction of sp³-hybridized carbons (Fsp3) is 0.200. The van der Waals surface area contributed by atoms with Crippen LogP contribution in [0.15, 0.2) is 4.79 Å². The molecule has 0 radical (unpaired) electrons. The van der Waals surface area contributed by atoms with E-state index in [4.69, 9.17) is 5.11 Å². The van der Waals surface area contributed by atoms with Gasteiger partial charge in [0.2, 0.25) is 5.82 Å². The van der Waals surface area contributed by atoms with Gasteiger partial charge in [-0.1, -0.05) is 0 Å². The van der Waals surface area contributed by atoms with Crippen LogP contribution in [0.5, 0.6) is 5.88 Å². The standard InChI is InChI=1S/C5H2F3N3O4/c6-5(7,8)4-9-2(12)1(11(14)15)3(13)10-4/h(H2,9,10,12,13). The van der Waals surface area contributed by atoms with Crippen molar-refractivity contribution < 1.29 is 23.2 Å². The number of nitrogens with zero attached hydrogens (tertiary/aromatic N) is 2. The van der Waals surface area contributed by atoms with Crippen molar-refractivity contribution in [3.05, 3.63) is 26.3 Å². The van der Waals surface area contributed by atoms with Crippen molar-refractivity contribution in [2.45, 2.75) is 6.18 Å². The number of hydrogen-bond acceptors (Lipinski definition) is 5. The lowest BCUT2D eigenvalue weighted by atomic mass is 10.4. The Hall–Kier alpha value is -2.13. The van der Waals surface area contributed by atoms with E-state index in [1.807, 2.05) is 0 Å². The molecule has 10 heteroatoms. The third-order valence-corrected chi connectivity index (χ3v) is 1.33. The topological polar surface area (TPSA) is 109 Å². The van der Waals surface area contributed by atoms with Crippen molar-refractivity contribution in [2.24, 2.45) is 0 Å². The molecule has 0 fully saturated rings. The van der Waals surface area contributed by atoms with Gasteiger partial charge < -0.3 is 5.11 Å². The predicted octanol–water partition coefficient (Wildman–Crippen LogP) is 0.402. The average Bonchev–Trinajstić information content (AvgIpc) is 1.99. The molecule has 7 nitrogen and oxygen atoms in total. The molecule has 0 atom stereocenters. The largest absolute Gasteiger partial charge is 0.488 e. The molecule has 0 aliphatic rings. The zero-order valence-electron chi connectivity index (χ0n) is 6.70. The number of H-pyrrole nitrogens is 1. The van der Waals surface area contributed by atoms with Crippen LogP contribution in [-0.4, -0.2) is 20.0 Å². The van der Waals surface area contributed by atoms with Crippen molar-refractivity contribution in [3.8, 4) is 5.88 Å². The first-order valence-corrected chi connectivity index (χ1v) is 3.28. The van der Waals surface area contributed by atoms with E-state index in [1.54, 1.807) is 0 Å². The lowest BCUT2D eigenvalue weighted by molar-refractivity contribution is -0.387. The second kappa shape index (κ2) is 3.22. The molecule has 2 N–H and O–H groups in total. The Morgan fingerprint density at radius 2 is 2.00 bits per heavy atom. The number of aromatic hydroxyl groups is 1. The Balaban J connectivity index is 3.46. The van der Waals surface area contributed by atoms with Gasteiger partial charge in [0, 0.05) is 0 Å². The van der Waals surface area contributed by atoms with Gasteiger partial charge in [0.1, 0.15) is 0 Å². The number of halogens is 3. The van der Waals surface area contributed by atoms with Crippen LogP contribution >= 0.6 is 0 Å². The zero-order chi connectivity index (χ0) is 11.8. The smallest absolute Gasteiger partial charge is 0.449 e. The van der Waals surface area contributed by atoms with E-state index in [0.717, 1.165) is 4.98 Å². The highest BCUT2D eigenvalue weighted by atomic mass is 19.4. The van der Waals surface area contributed by atoms with Gasteiger partial charge in [-0.3, -0.25) is 19.9 Å². The number of hydrogen-bond donors (Lipinski definition) is 2. The number of aromatic amines is 1. The lowest BCUT2D eigenvalue weighted by Crippen LogP contribution is -2.21. The highest BCUT2D eigenvalue weighted by molar-refractivity contribution is 5.37. The number of aromatic nitrogens is 2. The van der Waals surface area contributed by atoms with Crippen LogP contribution in [0.25, 0.3) is 0 Å². The van der Waals surface area contributed by atoms with Crippen LogP contribution < -0.4 is 5.56 Å². The molecule has 15 heavy (non-hydrogen) atoms. The van der Waals surface area contributed by atoms with E-state index in [-0.39, 0.29) is 0 Å². The Morgan fingerprint density at radius 3 is 2.33 bits per heavy atom. The summed E-state index contributed by atoms with van der Waals surface area (Å²) in [5.41, 5.74) is -3.09. The maximum atomic E-state index is 12.0. The van der Waals surface area contributed by atoms with E-state index in [9.17, 15) is 28.1 Å². The molecule has 0 bridgehead atoms. The maximum Gasteiger partial charge on any atom is 0.449 e. The fourth-order valence-corrected chi connectivity index (χ4v) is 0.754. The summed E-state index contributed by atoms with van der Waals surface area (Å²) in [4.78, 5) is 23.1. The minimum absolute atomic E-state index is 1.14. The average molecular weight is 225 g/mol. The summed E-state index contributed by atoms with van der Waals surface area (Å²) >= 11 is 0. The molecule has 0 aromatic carbocycles. The molecule has 0 aliphatic carbocycles. The highest BCUT2D eigenvalue weighted by Crippen LogP contribution is 2.28. The van der Waals surface area contributed by atoms with Gasteiger partial charge in [-0.15, -0.1) is 0 Å². The molecule has 0 unspecified atom stereocenters. The monoisotopic (exact) mass is 225 g/mol. The zero-order valence-corrected chi connectivity index (χ0v) is 6.70. The maximum absolute atomic E-state index is 12.0. The summed E-state index contributed by atoms with van der Waals surface area (Å²) in [5.74, 6) is -3.37. The van der Waals surface area contributed by atoms with Crippen LogP contribution in [-0.2, 0) is 6.18 Å². The van der Waals surface area contributed by atoms with Gasteiger partial charge in [-0.05, 0) is 0 Å². The molecular formula is C5H2F3N3O4. The fourth-order valence-electron chi connectivity index (χ4n) is 0.754. The van der Waals surface area contributed by atoms with Crippen LogP contribution in [0.3, 0.4) is 0 Å². The van der Waals surface area contributed by atoms with Gasteiger partial charge >= 0.3 is 17.4 Å². The van der Waals surface area contributed by atoms with E-state index < -0.39 is 34.1 Å². The molecule has 1 aromatic heterocycles. The van der Waals surface area contributed by atoms with Crippen molar-refractivity contribution in [1.82, 2.24) is 9.97 Å². The Kier molecular flexibility index (Phi) is 2.35. The van der Waals surface area contributed by atoms with Crippen LogP contribution in [0, 0.1) is 10.1 Å². The molecule has 0 amide bonds. The first-order valence-electron chi connectivity index (χ1n) is 3.28. The summed E-state index contributed by atoms with van der Waals surface area (Å²) in [6.45, 7) is 0. The summed E-state index contributed by atoms with van der Waals surface area (Å²) in [6, 6.07) is 0. The van der Waals surface area contributed by atoms with Crippen molar-refractivity contribution in [2.75, 3.05) is 0 Å². The first-order chi connectivity index (χ1) is 6.73. The summed E-state index contributed by atoms with van der Waals surface area (Å²) in [6.07, 6.45) is -4.99. The summed E-state index contributed by atoms with van der Waals surface area (Å²) in [7, 11) is 0. The van der Waals surface area contributed by atoms with Crippen molar-refractivity contribution in [3.63, 3.8) is 0 Å². The minimum atomic E-state index is -4.99. The van der Waals surface area contributed by atoms with Crippen molar-refractivity contribution in [1.29, 1.82) is 0 Å². The third kappa shape index (κ3) is 2.03. The number of rotatable bonds is 1. The van der Waals surface area contributed by atoms with E-state index in [2.05, 4.69) is 4.98 Å². The predicted molar refractivity (Wildman–Crippen MR) is 38.2 cm³/mol. The number of nitrogens with one attached hydrogen (secondary N) is 1. The Bertz CT molecular complexity index is 466. The normalized spacial score (nSPS) is 11.4. The van der Waals surface area contributed by atoms with Crippen LogP contribution in [0.4, 0.5) is 18.9 Å². The SMILES string of the molecule is O=c1[nH]c(C(F)(F)F)nc(O)c1[N+](=O)[O-]. The molecule has 1 heterocycles. The highest BCUT2D eigenvalue weighted by Gasteiger charge is 2.37. The first kappa shape index (κ1) is 10.9. The lowest BCUT2D eigenvalue weighted by Gasteiger charge is -2.04. The molecule has 0 aliphatic heterocycles. The summed E-state index contributed by atoms with van der Waals surface area (Å²) in [5, 5.41) is 18.8. The second-order valence-electron chi connectivity index (χ2n) is 2.34. The second-order valence-corrected chi connectivity index (χ2v) is 2.34. The van der Waals surface area contributed by atoms with Crippen molar-refractivity contribution >= 4 is 5.69 Å². The summed E-state index contributed by atoms with van der Waals surface area (Å²) < 4.78 is 35.9. The molecule has 1 rings (SSSR count). The molecule has 0 spiro atoms. The molecule has 0 saturated carbocycles. The van der Waals surface area contributed by atoms with Crippen LogP contribution in [0.2, 0.25) is 0 Å². The number of nitro groups is 1. The Morgan fingerprint density at radius 1 is 1.47 bits per heavy atom. The van der Waals surface area contributed by atoms with Gasteiger partial charge in [0.05, 0.1) is 4.92 Å².